The summed E-state index contributed by atoms with van der Waals surface area (Å²) in [5.74, 6) is 0. The van der Waals surface area contributed by atoms with Gasteiger partial charge < -0.3 is 9.64 Å². The first-order chi connectivity index (χ1) is 11.8. The molecule has 6 heteroatoms. The number of hydrogen-bond donors (Lipinski definition) is 0. The summed E-state index contributed by atoms with van der Waals surface area (Å²) >= 11 is 0. The Labute approximate surface area is 148 Å². The minimum Gasteiger partial charge on any atom is -0.444 e. The lowest BCUT2D eigenvalue weighted by Crippen LogP contribution is -2.52. The third kappa shape index (κ3) is 3.17. The molecule has 1 unspecified atom stereocenters. The van der Waals surface area contributed by atoms with Crippen molar-refractivity contribution in [3.8, 4) is 6.07 Å². The molecular weight excluding hydrogens is 316 g/mol. The van der Waals surface area contributed by atoms with Crippen molar-refractivity contribution >= 4 is 11.8 Å². The number of nitrogens with zero attached hydrogens (tertiary/aromatic N) is 4. The maximum atomic E-state index is 12.6. The van der Waals surface area contributed by atoms with Gasteiger partial charge in [0.2, 0.25) is 5.69 Å². The predicted octanol–water partition coefficient (Wildman–Crippen LogP) is 3.96. The third-order valence-electron chi connectivity index (χ3n) is 5.01. The molecule has 0 aromatic carbocycles. The summed E-state index contributed by atoms with van der Waals surface area (Å²) < 4.78 is 5.55. The zero-order valence-electron chi connectivity index (χ0n) is 14.8. The number of pyridine rings is 1. The van der Waals surface area contributed by atoms with E-state index in [9.17, 15) is 10.1 Å². The average molecular weight is 338 g/mol. The fourth-order valence-corrected chi connectivity index (χ4v) is 4.00. The van der Waals surface area contributed by atoms with Crippen molar-refractivity contribution in [1.82, 2.24) is 9.88 Å². The molecule has 3 rings (SSSR count). The van der Waals surface area contributed by atoms with Crippen molar-refractivity contribution in [2.45, 2.75) is 69.6 Å². The van der Waals surface area contributed by atoms with E-state index in [0.717, 1.165) is 18.4 Å². The number of aromatic nitrogens is 1. The van der Waals surface area contributed by atoms with Crippen LogP contribution >= 0.6 is 0 Å². The van der Waals surface area contributed by atoms with Crippen LogP contribution in [-0.4, -0.2) is 33.7 Å². The molecule has 0 N–H and O–H groups in total. The van der Waals surface area contributed by atoms with Gasteiger partial charge in [0.1, 0.15) is 5.60 Å². The van der Waals surface area contributed by atoms with Gasteiger partial charge in [-0.3, -0.25) is 4.98 Å². The van der Waals surface area contributed by atoms with Gasteiger partial charge in [-0.2, -0.15) is 5.26 Å². The van der Waals surface area contributed by atoms with E-state index in [-0.39, 0.29) is 18.2 Å². The quantitative estimate of drug-likeness (QED) is 0.727. The minimum atomic E-state index is -0.696. The molecule has 25 heavy (non-hydrogen) atoms. The number of piperidine rings is 1. The fraction of sp³-hybridized carbons (Fsp3) is 0.579. The zero-order chi connectivity index (χ0) is 18.2. The first kappa shape index (κ1) is 17.2. The summed E-state index contributed by atoms with van der Waals surface area (Å²) in [7, 11) is 0. The smallest absolute Gasteiger partial charge is 0.410 e. The van der Waals surface area contributed by atoms with Gasteiger partial charge in [0, 0.05) is 24.5 Å². The van der Waals surface area contributed by atoms with Gasteiger partial charge in [-0.25, -0.2) is 9.64 Å². The Morgan fingerprint density at radius 3 is 2.56 bits per heavy atom. The Hall–Kier alpha value is -2.60. The molecular formula is C19H22N4O2. The minimum absolute atomic E-state index is 0.00940. The Balaban J connectivity index is 1.88. The molecule has 2 aliphatic rings. The lowest BCUT2D eigenvalue weighted by atomic mass is 9.71. The summed E-state index contributed by atoms with van der Waals surface area (Å²) in [5, 5.41) is 9.94. The van der Waals surface area contributed by atoms with Crippen molar-refractivity contribution in [1.29, 1.82) is 5.26 Å². The number of carbonyl (C=O) groups excluding carboxylic acids is 1. The van der Waals surface area contributed by atoms with Crippen LogP contribution in [0.25, 0.3) is 4.85 Å². The van der Waals surface area contributed by atoms with E-state index in [4.69, 9.17) is 11.3 Å². The fourth-order valence-electron chi connectivity index (χ4n) is 4.00. The molecule has 1 amide bonds. The number of ether oxygens (including phenoxy) is 1. The first-order valence-electron chi connectivity index (χ1n) is 8.53. The van der Waals surface area contributed by atoms with Gasteiger partial charge in [-0.15, -0.1) is 0 Å². The summed E-state index contributed by atoms with van der Waals surface area (Å²) in [6.45, 7) is 12.7. The molecule has 2 aliphatic heterocycles. The van der Waals surface area contributed by atoms with Gasteiger partial charge in [0.25, 0.3) is 0 Å². The van der Waals surface area contributed by atoms with E-state index >= 15 is 0 Å². The van der Waals surface area contributed by atoms with Crippen LogP contribution in [0.4, 0.5) is 10.5 Å². The van der Waals surface area contributed by atoms with Crippen molar-refractivity contribution in [3.05, 3.63) is 35.4 Å². The van der Waals surface area contributed by atoms with Gasteiger partial charge in [0.15, 0.2) is 0 Å². The Morgan fingerprint density at radius 1 is 1.40 bits per heavy atom. The Bertz CT molecular complexity index is 755. The number of nitriles is 1. The first-order valence-corrected chi connectivity index (χ1v) is 8.53. The molecule has 2 saturated heterocycles. The normalized spacial score (nSPS) is 28.1. The molecule has 0 saturated carbocycles. The van der Waals surface area contributed by atoms with Crippen molar-refractivity contribution in [2.75, 3.05) is 0 Å². The molecule has 0 aliphatic carbocycles. The monoisotopic (exact) mass is 338 g/mol. The number of carbonyl (C=O) groups is 1. The second-order valence-electron chi connectivity index (χ2n) is 7.92. The summed E-state index contributed by atoms with van der Waals surface area (Å²) in [5.41, 5.74) is -0.00931. The van der Waals surface area contributed by atoms with Crippen LogP contribution in [0.2, 0.25) is 0 Å². The van der Waals surface area contributed by atoms with E-state index in [1.807, 2.05) is 25.7 Å². The summed E-state index contributed by atoms with van der Waals surface area (Å²) in [6.07, 6.45) is 5.77. The van der Waals surface area contributed by atoms with E-state index in [1.54, 1.807) is 12.3 Å². The van der Waals surface area contributed by atoms with Crippen molar-refractivity contribution in [3.63, 3.8) is 0 Å². The Morgan fingerprint density at radius 2 is 2.04 bits per heavy atom. The van der Waals surface area contributed by atoms with Crippen molar-refractivity contribution in [2.24, 2.45) is 0 Å². The van der Waals surface area contributed by atoms with Crippen LogP contribution in [0.3, 0.4) is 0 Å². The third-order valence-corrected chi connectivity index (χ3v) is 5.01. The van der Waals surface area contributed by atoms with E-state index in [2.05, 4.69) is 15.9 Å². The number of fused-ring (bicyclic) bond motifs is 2. The number of amides is 1. The van der Waals surface area contributed by atoms with Gasteiger partial charge >= 0.3 is 6.09 Å². The standard InChI is InChI=1S/C19H22N4O2/c1-18(2,3)25-17(24)23-15-5-6-16(23)9-19(8-15,12-20)13-7-14(21-4)11-22-10-13/h7,10-11,15-16H,5-6,8-9H2,1-3H3/t15-,16+,19?. The highest BCUT2D eigenvalue weighted by Crippen LogP contribution is 2.47. The lowest BCUT2D eigenvalue weighted by Gasteiger charge is -2.43. The highest BCUT2D eigenvalue weighted by atomic mass is 16.6. The molecule has 3 heterocycles. The second-order valence-corrected chi connectivity index (χ2v) is 7.92. The predicted molar refractivity (Wildman–Crippen MR) is 91.9 cm³/mol. The van der Waals surface area contributed by atoms with Crippen LogP contribution in [0, 0.1) is 17.9 Å². The number of rotatable bonds is 1. The average Bonchev–Trinajstić information content (AvgIpc) is 2.85. The maximum absolute atomic E-state index is 12.6. The van der Waals surface area contributed by atoms with Gasteiger partial charge in [-0.1, -0.05) is 0 Å². The van der Waals surface area contributed by atoms with Gasteiger partial charge in [-0.05, 0) is 58.1 Å². The van der Waals surface area contributed by atoms with Gasteiger partial charge in [0.05, 0.1) is 18.1 Å². The topological polar surface area (TPSA) is 70.6 Å². The Kier molecular flexibility index (Phi) is 4.16. The molecule has 1 aromatic heterocycles. The SMILES string of the molecule is [C-]#[N+]c1cncc(C2(C#N)C[C@H]3CC[C@@H](C2)N3C(=O)OC(C)(C)C)c1. The van der Waals surface area contributed by atoms with Crippen molar-refractivity contribution < 1.29 is 9.53 Å². The maximum Gasteiger partial charge on any atom is 0.410 e. The molecule has 2 fully saturated rings. The van der Waals surface area contributed by atoms with Crippen LogP contribution in [0.5, 0.6) is 0 Å². The van der Waals surface area contributed by atoms with E-state index < -0.39 is 11.0 Å². The van der Waals surface area contributed by atoms with Crippen LogP contribution < -0.4 is 0 Å². The summed E-state index contributed by atoms with van der Waals surface area (Å²) in [6, 6.07) is 4.21. The highest BCUT2D eigenvalue weighted by Gasteiger charge is 2.52. The van der Waals surface area contributed by atoms with Crippen LogP contribution in [0.1, 0.15) is 52.0 Å². The van der Waals surface area contributed by atoms with Crippen LogP contribution in [0.15, 0.2) is 18.5 Å². The molecule has 130 valence electrons. The second kappa shape index (κ2) is 6.04. The molecule has 2 bridgehead atoms. The lowest BCUT2D eigenvalue weighted by molar-refractivity contribution is 0.00232. The van der Waals surface area contributed by atoms with E-state index in [1.165, 1.54) is 6.20 Å². The highest BCUT2D eigenvalue weighted by molar-refractivity contribution is 5.70. The largest absolute Gasteiger partial charge is 0.444 e. The summed E-state index contributed by atoms with van der Waals surface area (Å²) in [4.78, 5) is 22.0. The molecule has 1 aromatic rings. The molecule has 3 atom stereocenters. The number of hydrogen-bond acceptors (Lipinski definition) is 4. The van der Waals surface area contributed by atoms with E-state index in [0.29, 0.717) is 18.5 Å². The molecule has 6 nitrogen and oxygen atoms in total. The molecule has 0 spiro atoms. The van der Waals surface area contributed by atoms with Crippen LogP contribution in [-0.2, 0) is 10.2 Å². The zero-order valence-corrected chi connectivity index (χ0v) is 14.8. The molecule has 0 radical (unpaired) electrons.